The molecule has 1 aliphatic rings. The van der Waals surface area contributed by atoms with Crippen molar-refractivity contribution in [3.63, 3.8) is 0 Å². The van der Waals surface area contributed by atoms with Gasteiger partial charge in [-0.05, 0) is 61.4 Å². The number of carbonyl (C=O) groups is 3. The first kappa shape index (κ1) is 28.6. The number of nitrogens with zero attached hydrogens (tertiary/aromatic N) is 2. The van der Waals surface area contributed by atoms with E-state index < -0.39 is 23.5 Å². The van der Waals surface area contributed by atoms with Gasteiger partial charge in [-0.1, -0.05) is 47.2 Å². The SMILES string of the molecule is COc1cc(C2C(=C(O)c3ccc(OCc4cccc(C)c4)cc3)C(=O)C(=O)N2c2nc(C)c(C(C)=O)s2)ccc1O. The molecule has 10 heteroatoms. The molecule has 2 N–H and O–H groups in total. The summed E-state index contributed by atoms with van der Waals surface area (Å²) >= 11 is 0.989. The third kappa shape index (κ3) is 5.36. The van der Waals surface area contributed by atoms with Crippen molar-refractivity contribution in [3.8, 4) is 17.2 Å². The van der Waals surface area contributed by atoms with Crippen molar-refractivity contribution in [3.05, 3.63) is 105 Å². The second-order valence-corrected chi connectivity index (χ2v) is 10.8. The Morgan fingerprint density at radius 3 is 2.43 bits per heavy atom. The molecule has 1 aromatic heterocycles. The van der Waals surface area contributed by atoms with Crippen molar-refractivity contribution < 1.29 is 34.1 Å². The average Bonchev–Trinajstić information content (AvgIpc) is 3.48. The molecule has 1 fully saturated rings. The maximum atomic E-state index is 13.5. The molecule has 1 atom stereocenters. The van der Waals surface area contributed by atoms with Crippen LogP contribution in [0.4, 0.5) is 5.13 Å². The summed E-state index contributed by atoms with van der Waals surface area (Å²) in [6, 6.07) is 17.8. The van der Waals surface area contributed by atoms with E-state index in [0.717, 1.165) is 22.5 Å². The van der Waals surface area contributed by atoms with Crippen LogP contribution in [-0.4, -0.2) is 39.8 Å². The number of hydrogen-bond donors (Lipinski definition) is 2. The van der Waals surface area contributed by atoms with E-state index in [1.165, 1.54) is 37.1 Å². The van der Waals surface area contributed by atoms with E-state index in [-0.39, 0.29) is 28.0 Å². The van der Waals surface area contributed by atoms with Gasteiger partial charge in [-0.15, -0.1) is 0 Å². The Balaban J connectivity index is 1.56. The second kappa shape index (κ2) is 11.5. The van der Waals surface area contributed by atoms with E-state index in [9.17, 15) is 24.6 Å². The Bertz CT molecular complexity index is 1740. The van der Waals surface area contributed by atoms with Gasteiger partial charge < -0.3 is 19.7 Å². The van der Waals surface area contributed by atoms with Crippen LogP contribution in [0.15, 0.2) is 72.3 Å². The summed E-state index contributed by atoms with van der Waals surface area (Å²) in [5, 5.41) is 21.8. The fourth-order valence-electron chi connectivity index (χ4n) is 4.85. The zero-order chi connectivity index (χ0) is 30.1. The molecular weight excluding hydrogens is 556 g/mol. The number of methoxy groups -OCH3 is 1. The Hall–Kier alpha value is -4.96. The lowest BCUT2D eigenvalue weighted by molar-refractivity contribution is -0.132. The molecule has 42 heavy (non-hydrogen) atoms. The van der Waals surface area contributed by atoms with E-state index in [4.69, 9.17) is 9.47 Å². The molecule has 0 aliphatic carbocycles. The largest absolute Gasteiger partial charge is 0.507 e. The number of anilines is 1. The Kier molecular flexibility index (Phi) is 7.82. The standard InChI is InChI=1S/C32H28N2O7S/c1-17-6-5-7-20(14-17)16-41-23-11-8-21(9-12-23)28(37)26-27(22-10-13-24(36)25(15-22)40-4)34(31(39)29(26)38)32-33-18(2)30(42-32)19(3)35/h5-15,27,36-37H,16H2,1-4H3. The number of aliphatic hydroxyl groups excluding tert-OH is 1. The molecule has 2 heterocycles. The fourth-order valence-corrected chi connectivity index (χ4v) is 5.84. The topological polar surface area (TPSA) is 126 Å². The fraction of sp³-hybridized carbons (Fsp3) is 0.188. The number of rotatable bonds is 8. The first-order valence-electron chi connectivity index (χ1n) is 13.0. The second-order valence-electron chi connectivity index (χ2n) is 9.87. The molecule has 4 aromatic rings. The van der Waals surface area contributed by atoms with Gasteiger partial charge in [-0.3, -0.25) is 19.3 Å². The number of amides is 1. The number of benzene rings is 3. The van der Waals surface area contributed by atoms with Gasteiger partial charge in [0.1, 0.15) is 18.1 Å². The minimum atomic E-state index is -1.11. The number of phenolic OH excluding ortho intramolecular Hbond substituents is 1. The van der Waals surface area contributed by atoms with Gasteiger partial charge in [0, 0.05) is 12.5 Å². The normalized spacial score (nSPS) is 16.1. The van der Waals surface area contributed by atoms with Crippen molar-refractivity contribution in [2.45, 2.75) is 33.4 Å². The number of aliphatic hydroxyl groups is 1. The maximum absolute atomic E-state index is 13.5. The maximum Gasteiger partial charge on any atom is 0.301 e. The molecule has 214 valence electrons. The highest BCUT2D eigenvalue weighted by Crippen LogP contribution is 2.45. The molecule has 9 nitrogen and oxygen atoms in total. The molecule has 0 saturated carbocycles. The van der Waals surface area contributed by atoms with Crippen molar-refractivity contribution >= 4 is 39.7 Å². The summed E-state index contributed by atoms with van der Waals surface area (Å²) in [6.07, 6.45) is 0. The van der Waals surface area contributed by atoms with Gasteiger partial charge in [0.2, 0.25) is 0 Å². The van der Waals surface area contributed by atoms with Gasteiger partial charge in [-0.2, -0.15) is 0 Å². The summed E-state index contributed by atoms with van der Waals surface area (Å²) in [4.78, 5) is 45.0. The summed E-state index contributed by atoms with van der Waals surface area (Å²) in [5.41, 5.74) is 3.08. The minimum absolute atomic E-state index is 0.118. The smallest absolute Gasteiger partial charge is 0.301 e. The first-order chi connectivity index (χ1) is 20.1. The van der Waals surface area contributed by atoms with E-state index in [0.29, 0.717) is 34.1 Å². The van der Waals surface area contributed by atoms with Crippen molar-refractivity contribution in [1.82, 2.24) is 4.98 Å². The highest BCUT2D eigenvalue weighted by molar-refractivity contribution is 7.18. The summed E-state index contributed by atoms with van der Waals surface area (Å²) in [6.45, 7) is 5.41. The molecule has 1 amide bonds. The van der Waals surface area contributed by atoms with Gasteiger partial charge in [0.15, 0.2) is 22.4 Å². The van der Waals surface area contributed by atoms with Crippen LogP contribution in [-0.2, 0) is 16.2 Å². The molecule has 1 saturated heterocycles. The predicted octanol–water partition coefficient (Wildman–Crippen LogP) is 5.88. The van der Waals surface area contributed by atoms with Crippen LogP contribution in [0.5, 0.6) is 17.2 Å². The van der Waals surface area contributed by atoms with E-state index in [1.54, 1.807) is 31.2 Å². The van der Waals surface area contributed by atoms with Crippen LogP contribution in [0.1, 0.15) is 50.6 Å². The molecule has 1 aliphatic heterocycles. The monoisotopic (exact) mass is 584 g/mol. The number of aryl methyl sites for hydroxylation is 2. The Morgan fingerprint density at radius 1 is 1.05 bits per heavy atom. The Morgan fingerprint density at radius 2 is 1.79 bits per heavy atom. The molecule has 0 radical (unpaired) electrons. The Labute approximate surface area is 246 Å². The van der Waals surface area contributed by atoms with Crippen LogP contribution < -0.4 is 14.4 Å². The lowest BCUT2D eigenvalue weighted by atomic mass is 9.95. The van der Waals surface area contributed by atoms with Gasteiger partial charge in [-0.25, -0.2) is 4.98 Å². The van der Waals surface area contributed by atoms with E-state index in [2.05, 4.69) is 4.98 Å². The van der Waals surface area contributed by atoms with Crippen LogP contribution in [0.25, 0.3) is 5.76 Å². The van der Waals surface area contributed by atoms with E-state index >= 15 is 0 Å². The highest BCUT2D eigenvalue weighted by Gasteiger charge is 2.48. The number of thiazole rings is 1. The molecule has 3 aromatic carbocycles. The van der Waals surface area contributed by atoms with Gasteiger partial charge in [0.05, 0.1) is 29.3 Å². The number of carbonyl (C=O) groups excluding carboxylic acids is 3. The van der Waals surface area contributed by atoms with Gasteiger partial charge >= 0.3 is 5.91 Å². The van der Waals surface area contributed by atoms with Crippen molar-refractivity contribution in [2.24, 2.45) is 0 Å². The van der Waals surface area contributed by atoms with Crippen LogP contribution >= 0.6 is 11.3 Å². The molecule has 1 unspecified atom stereocenters. The zero-order valence-corrected chi connectivity index (χ0v) is 24.2. The minimum Gasteiger partial charge on any atom is -0.507 e. The summed E-state index contributed by atoms with van der Waals surface area (Å²) < 4.78 is 11.1. The number of ether oxygens (including phenoxy) is 2. The number of hydrogen-bond acceptors (Lipinski definition) is 9. The molecule has 5 rings (SSSR count). The summed E-state index contributed by atoms with van der Waals surface area (Å²) in [5.74, 6) is -1.89. The quantitative estimate of drug-likeness (QED) is 0.114. The third-order valence-electron chi connectivity index (χ3n) is 6.89. The van der Waals surface area contributed by atoms with Crippen LogP contribution in [0.2, 0.25) is 0 Å². The van der Waals surface area contributed by atoms with Gasteiger partial charge in [0.25, 0.3) is 5.78 Å². The third-order valence-corrected chi connectivity index (χ3v) is 8.15. The molecule has 0 spiro atoms. The first-order valence-corrected chi connectivity index (χ1v) is 13.9. The average molecular weight is 585 g/mol. The van der Waals surface area contributed by atoms with E-state index in [1.807, 2.05) is 31.2 Å². The number of ketones is 2. The lowest BCUT2D eigenvalue weighted by Gasteiger charge is -2.23. The van der Waals surface area contributed by atoms with Crippen molar-refractivity contribution in [2.75, 3.05) is 12.0 Å². The van der Waals surface area contributed by atoms with Crippen LogP contribution in [0, 0.1) is 13.8 Å². The molecule has 0 bridgehead atoms. The van der Waals surface area contributed by atoms with Crippen LogP contribution in [0.3, 0.4) is 0 Å². The number of Topliss-reactive ketones (excluding diaryl/α,β-unsaturated/α-hetero) is 2. The molecular formula is C32H28N2O7S. The highest BCUT2D eigenvalue weighted by atomic mass is 32.1. The lowest BCUT2D eigenvalue weighted by Crippen LogP contribution is -2.29. The zero-order valence-electron chi connectivity index (χ0n) is 23.4. The number of aromatic nitrogens is 1. The number of phenols is 1. The predicted molar refractivity (Wildman–Crippen MR) is 158 cm³/mol. The summed E-state index contributed by atoms with van der Waals surface area (Å²) in [7, 11) is 1.38. The van der Waals surface area contributed by atoms with Crippen molar-refractivity contribution in [1.29, 1.82) is 0 Å². The number of aromatic hydroxyl groups is 1.